The van der Waals surface area contributed by atoms with Gasteiger partial charge in [-0.25, -0.2) is 9.38 Å². The summed E-state index contributed by atoms with van der Waals surface area (Å²) in [5.74, 6) is -2.29. The molecule has 0 bridgehead atoms. The first kappa shape index (κ1) is 21.8. The number of carbonyl (C=O) groups is 1. The summed E-state index contributed by atoms with van der Waals surface area (Å²) < 4.78 is 59.4. The van der Waals surface area contributed by atoms with E-state index in [1.54, 1.807) is 6.92 Å². The van der Waals surface area contributed by atoms with Crippen molar-refractivity contribution >= 4 is 11.6 Å². The maximum absolute atomic E-state index is 13.9. The van der Waals surface area contributed by atoms with E-state index in [4.69, 9.17) is 4.74 Å². The van der Waals surface area contributed by atoms with E-state index in [2.05, 4.69) is 9.98 Å². The Labute approximate surface area is 169 Å². The van der Waals surface area contributed by atoms with Crippen molar-refractivity contribution in [3.63, 3.8) is 0 Å². The molecule has 0 aliphatic heterocycles. The number of carbonyl (C=O) groups excluding carboxylic acids is 1. The van der Waals surface area contributed by atoms with Crippen LogP contribution >= 0.6 is 0 Å². The lowest BCUT2D eigenvalue weighted by Gasteiger charge is -2.29. The van der Waals surface area contributed by atoms with Gasteiger partial charge in [0, 0.05) is 31.3 Å². The van der Waals surface area contributed by atoms with E-state index < -0.39 is 35.1 Å². The number of nitrogens with zero attached hydrogens (tertiary/aromatic N) is 3. The minimum absolute atomic E-state index is 0.0620. The summed E-state index contributed by atoms with van der Waals surface area (Å²) in [5, 5.41) is 0. The molecule has 0 saturated heterocycles. The lowest BCUT2D eigenvalue weighted by Crippen LogP contribution is -2.27. The lowest BCUT2D eigenvalue weighted by atomic mass is 9.77. The van der Waals surface area contributed by atoms with Crippen molar-refractivity contribution in [1.82, 2.24) is 9.55 Å². The first-order valence-corrected chi connectivity index (χ1v) is 9.31. The summed E-state index contributed by atoms with van der Waals surface area (Å²) in [5.41, 5.74) is -1.46. The number of rotatable bonds is 6. The third-order valence-electron chi connectivity index (χ3n) is 4.74. The minimum Gasteiger partial charge on any atom is -0.380 e. The molecule has 1 amide bonds. The second-order valence-electron chi connectivity index (χ2n) is 6.80. The van der Waals surface area contributed by atoms with Crippen LogP contribution in [-0.4, -0.2) is 34.4 Å². The highest BCUT2D eigenvalue weighted by atomic mass is 19.4. The molecule has 2 heterocycles. The predicted octanol–water partition coefficient (Wildman–Crippen LogP) is 3.60. The average molecular weight is 425 g/mol. The molecule has 0 unspecified atom stereocenters. The normalized spacial score (nSPS) is 16.3. The van der Waals surface area contributed by atoms with Crippen LogP contribution in [0.3, 0.4) is 0 Å². The maximum Gasteiger partial charge on any atom is 0.433 e. The van der Waals surface area contributed by atoms with Crippen molar-refractivity contribution < 1.29 is 27.1 Å². The minimum atomic E-state index is -4.56. The van der Waals surface area contributed by atoms with Gasteiger partial charge in [0.05, 0.1) is 12.2 Å². The molecule has 2 aromatic heterocycles. The maximum atomic E-state index is 13.9. The molecular formula is C20H19F4N3O3. The molecule has 1 fully saturated rings. The third kappa shape index (κ3) is 4.81. The largest absolute Gasteiger partial charge is 0.433 e. The number of hydrogen-bond acceptors (Lipinski definition) is 4. The van der Waals surface area contributed by atoms with E-state index in [9.17, 15) is 27.2 Å². The summed E-state index contributed by atoms with van der Waals surface area (Å²) in [4.78, 5) is 31.5. The van der Waals surface area contributed by atoms with Crippen molar-refractivity contribution in [1.29, 1.82) is 0 Å². The Morgan fingerprint density at radius 1 is 1.37 bits per heavy atom. The number of pyridine rings is 2. The van der Waals surface area contributed by atoms with Crippen molar-refractivity contribution in [2.24, 2.45) is 4.99 Å². The molecule has 1 saturated carbocycles. The van der Waals surface area contributed by atoms with Crippen LogP contribution in [0.1, 0.15) is 47.3 Å². The zero-order valence-corrected chi connectivity index (χ0v) is 16.1. The summed E-state index contributed by atoms with van der Waals surface area (Å²) >= 11 is 0. The Bertz CT molecular complexity index is 1020. The molecule has 2 aromatic rings. The standard InChI is InChI=1S/C20H19F4N3O3/c1-2-30-7-6-27-11-13(10-16(21)19(27)29)18(28)26-14-8-12(9-14)15-4-3-5-25-17(15)20(22,23)24/h3-5,10-12H,2,6-9H2,1H3. The average Bonchev–Trinajstić information content (AvgIpc) is 2.66. The molecule has 0 N–H and O–H groups in total. The molecule has 1 aliphatic rings. The van der Waals surface area contributed by atoms with Gasteiger partial charge in [0.2, 0.25) is 0 Å². The van der Waals surface area contributed by atoms with Gasteiger partial charge in [0.25, 0.3) is 11.5 Å². The highest BCUT2D eigenvalue weighted by Gasteiger charge is 2.39. The van der Waals surface area contributed by atoms with Gasteiger partial charge in [-0.15, -0.1) is 0 Å². The molecule has 3 rings (SSSR count). The summed E-state index contributed by atoms with van der Waals surface area (Å²) in [7, 11) is 0. The SMILES string of the molecule is CCOCCn1cc(C(=O)N=C2CC(c3cccnc3C(F)(F)F)C2)cc(F)c1=O. The van der Waals surface area contributed by atoms with Crippen molar-refractivity contribution in [2.45, 2.75) is 38.4 Å². The van der Waals surface area contributed by atoms with E-state index in [1.165, 1.54) is 18.3 Å². The fraction of sp³-hybridized carbons (Fsp3) is 0.400. The monoisotopic (exact) mass is 425 g/mol. The predicted molar refractivity (Wildman–Crippen MR) is 100 cm³/mol. The third-order valence-corrected chi connectivity index (χ3v) is 4.74. The van der Waals surface area contributed by atoms with Crippen molar-refractivity contribution in [2.75, 3.05) is 13.2 Å². The second kappa shape index (κ2) is 8.86. The number of hydrogen-bond donors (Lipinski definition) is 0. The van der Waals surface area contributed by atoms with Crippen LogP contribution in [0.15, 0.2) is 40.4 Å². The summed E-state index contributed by atoms with van der Waals surface area (Å²) in [6.07, 6.45) is -1.93. The first-order valence-electron chi connectivity index (χ1n) is 9.31. The van der Waals surface area contributed by atoms with Gasteiger partial charge in [-0.1, -0.05) is 6.07 Å². The van der Waals surface area contributed by atoms with Crippen LogP contribution in [0.25, 0.3) is 0 Å². The Morgan fingerprint density at radius 2 is 2.10 bits per heavy atom. The van der Waals surface area contributed by atoms with Crippen molar-refractivity contribution in [3.8, 4) is 0 Å². The van der Waals surface area contributed by atoms with Gasteiger partial charge >= 0.3 is 6.18 Å². The van der Waals surface area contributed by atoms with Crippen LogP contribution in [-0.2, 0) is 17.5 Å². The topological polar surface area (TPSA) is 73.6 Å². The van der Waals surface area contributed by atoms with Gasteiger partial charge < -0.3 is 9.30 Å². The molecule has 10 heteroatoms. The number of halogens is 4. The van der Waals surface area contributed by atoms with E-state index in [0.717, 1.165) is 16.8 Å². The van der Waals surface area contributed by atoms with E-state index in [1.807, 2.05) is 0 Å². The van der Waals surface area contributed by atoms with Gasteiger partial charge in [-0.05, 0) is 43.4 Å². The highest BCUT2D eigenvalue weighted by Crippen LogP contribution is 2.41. The Balaban J connectivity index is 1.73. The number of ether oxygens (including phenoxy) is 1. The number of aromatic nitrogens is 2. The Morgan fingerprint density at radius 3 is 2.77 bits per heavy atom. The molecule has 160 valence electrons. The van der Waals surface area contributed by atoms with Gasteiger partial charge in [-0.2, -0.15) is 13.2 Å². The van der Waals surface area contributed by atoms with Crippen LogP contribution in [0, 0.1) is 5.82 Å². The van der Waals surface area contributed by atoms with Gasteiger partial charge in [-0.3, -0.25) is 14.6 Å². The lowest BCUT2D eigenvalue weighted by molar-refractivity contribution is -0.142. The molecule has 0 aromatic carbocycles. The van der Waals surface area contributed by atoms with Crippen LogP contribution in [0.2, 0.25) is 0 Å². The number of aliphatic imine (C=N–C) groups is 1. The van der Waals surface area contributed by atoms with Crippen LogP contribution in [0.4, 0.5) is 17.6 Å². The van der Waals surface area contributed by atoms with Crippen LogP contribution < -0.4 is 5.56 Å². The van der Waals surface area contributed by atoms with E-state index >= 15 is 0 Å². The first-order chi connectivity index (χ1) is 14.2. The Kier molecular flexibility index (Phi) is 6.45. The van der Waals surface area contributed by atoms with Gasteiger partial charge in [0.15, 0.2) is 5.82 Å². The number of alkyl halides is 3. The van der Waals surface area contributed by atoms with E-state index in [-0.39, 0.29) is 37.1 Å². The molecular weight excluding hydrogens is 406 g/mol. The smallest absolute Gasteiger partial charge is 0.380 e. The van der Waals surface area contributed by atoms with Crippen LogP contribution in [0.5, 0.6) is 0 Å². The Hall–Kier alpha value is -2.88. The fourth-order valence-electron chi connectivity index (χ4n) is 3.20. The molecule has 6 nitrogen and oxygen atoms in total. The zero-order chi connectivity index (χ0) is 21.9. The molecule has 0 atom stereocenters. The molecule has 0 spiro atoms. The quantitative estimate of drug-likeness (QED) is 0.524. The molecule has 1 aliphatic carbocycles. The highest BCUT2D eigenvalue weighted by molar-refractivity contribution is 6.06. The van der Waals surface area contributed by atoms with E-state index in [0.29, 0.717) is 12.3 Å². The zero-order valence-electron chi connectivity index (χ0n) is 16.1. The summed E-state index contributed by atoms with van der Waals surface area (Å²) in [6, 6.07) is 3.60. The van der Waals surface area contributed by atoms with Crippen molar-refractivity contribution in [3.05, 3.63) is 63.6 Å². The fourth-order valence-corrected chi connectivity index (χ4v) is 3.20. The second-order valence-corrected chi connectivity index (χ2v) is 6.80. The summed E-state index contributed by atoms with van der Waals surface area (Å²) in [6.45, 7) is 2.45. The number of amides is 1. The molecule has 0 radical (unpaired) electrons. The molecule has 30 heavy (non-hydrogen) atoms. The van der Waals surface area contributed by atoms with Gasteiger partial charge in [0.1, 0.15) is 5.69 Å².